The molecule has 0 heterocycles. The first-order valence-corrected chi connectivity index (χ1v) is 11.4. The van der Waals surface area contributed by atoms with E-state index in [4.69, 9.17) is 4.74 Å². The molecule has 2 unspecified atom stereocenters. The zero-order valence-corrected chi connectivity index (χ0v) is 19.9. The molecular weight excluding hydrogens is 428 g/mol. The van der Waals surface area contributed by atoms with Crippen LogP contribution in [0.4, 0.5) is 0 Å². The summed E-state index contributed by atoms with van der Waals surface area (Å²) in [6, 6.07) is 22.4. The lowest BCUT2D eigenvalue weighted by molar-refractivity contribution is -0.139. The average molecular weight is 461 g/mol. The Morgan fingerprint density at radius 1 is 0.971 bits per heavy atom. The molecule has 0 radical (unpaired) electrons. The summed E-state index contributed by atoms with van der Waals surface area (Å²) in [6.45, 7) is 4.87. The molecule has 3 rings (SSSR count). The number of nitrogens with one attached hydrogen (secondary N) is 2. The van der Waals surface area contributed by atoms with E-state index in [1.54, 1.807) is 13.1 Å². The number of aryl methyl sites for hydroxylation is 1. The van der Waals surface area contributed by atoms with Crippen molar-refractivity contribution < 1.29 is 19.4 Å². The zero-order valence-electron chi connectivity index (χ0n) is 19.9. The fourth-order valence-corrected chi connectivity index (χ4v) is 3.80. The van der Waals surface area contributed by atoms with E-state index in [9.17, 15) is 14.7 Å². The number of aliphatic carboxylic acids is 1. The monoisotopic (exact) mass is 460 g/mol. The number of rotatable bonds is 11. The highest BCUT2D eigenvalue weighted by Gasteiger charge is 2.22. The summed E-state index contributed by atoms with van der Waals surface area (Å²) in [5, 5.41) is 15.1. The molecule has 1 amide bonds. The second kappa shape index (κ2) is 12.1. The number of carbonyl (C=O) groups excluding carboxylic acids is 1. The Kier molecular flexibility index (Phi) is 8.96. The van der Waals surface area contributed by atoms with Crippen LogP contribution < -0.4 is 10.6 Å². The van der Waals surface area contributed by atoms with Crippen LogP contribution in [-0.4, -0.2) is 36.6 Å². The third kappa shape index (κ3) is 6.53. The Bertz CT molecular complexity index is 1110. The molecule has 3 aromatic rings. The Morgan fingerprint density at radius 3 is 2.35 bits per heavy atom. The van der Waals surface area contributed by atoms with Gasteiger partial charge in [-0.2, -0.15) is 0 Å². The van der Waals surface area contributed by atoms with E-state index in [1.807, 2.05) is 80.6 Å². The molecule has 0 aliphatic heterocycles. The largest absolute Gasteiger partial charge is 0.480 e. The maximum absolute atomic E-state index is 13.2. The summed E-state index contributed by atoms with van der Waals surface area (Å²) >= 11 is 0. The van der Waals surface area contributed by atoms with Gasteiger partial charge < -0.3 is 20.5 Å². The zero-order chi connectivity index (χ0) is 24.5. The van der Waals surface area contributed by atoms with Crippen LogP contribution in [0.1, 0.15) is 46.5 Å². The maximum atomic E-state index is 13.2. The van der Waals surface area contributed by atoms with Gasteiger partial charge in [0.15, 0.2) is 0 Å². The van der Waals surface area contributed by atoms with Gasteiger partial charge in [0.05, 0.1) is 12.7 Å². The van der Waals surface area contributed by atoms with Gasteiger partial charge in [0.1, 0.15) is 6.04 Å². The highest BCUT2D eigenvalue weighted by Crippen LogP contribution is 2.29. The lowest BCUT2D eigenvalue weighted by atomic mass is 9.93. The molecule has 0 aliphatic rings. The van der Waals surface area contributed by atoms with Crippen molar-refractivity contribution in [3.8, 4) is 11.1 Å². The molecule has 3 aromatic carbocycles. The number of carboxylic acids is 1. The van der Waals surface area contributed by atoms with Crippen molar-refractivity contribution in [2.24, 2.45) is 0 Å². The third-order valence-corrected chi connectivity index (χ3v) is 5.82. The Hall–Kier alpha value is -3.48. The normalized spacial score (nSPS) is 12.7. The van der Waals surface area contributed by atoms with Gasteiger partial charge in [-0.15, -0.1) is 0 Å². The number of hydrogen-bond donors (Lipinski definition) is 3. The van der Waals surface area contributed by atoms with Crippen LogP contribution in [0.2, 0.25) is 0 Å². The smallest absolute Gasteiger partial charge is 0.326 e. The Labute approximate surface area is 201 Å². The van der Waals surface area contributed by atoms with E-state index in [-0.39, 0.29) is 6.10 Å². The van der Waals surface area contributed by atoms with E-state index in [0.717, 1.165) is 27.8 Å². The highest BCUT2D eigenvalue weighted by molar-refractivity contribution is 6.02. The van der Waals surface area contributed by atoms with Crippen molar-refractivity contribution >= 4 is 11.9 Å². The minimum absolute atomic E-state index is 0.0745. The van der Waals surface area contributed by atoms with Crippen LogP contribution >= 0.6 is 0 Å². The molecule has 178 valence electrons. The van der Waals surface area contributed by atoms with Gasteiger partial charge in [-0.25, -0.2) is 4.79 Å². The number of ether oxygens (including phenoxy) is 1. The van der Waals surface area contributed by atoms with Crippen molar-refractivity contribution in [1.29, 1.82) is 0 Å². The molecule has 2 atom stereocenters. The fraction of sp³-hybridized carbons (Fsp3) is 0.286. The highest BCUT2D eigenvalue weighted by atomic mass is 16.5. The van der Waals surface area contributed by atoms with Gasteiger partial charge in [-0.05, 0) is 73.8 Å². The first kappa shape index (κ1) is 25.1. The van der Waals surface area contributed by atoms with Crippen LogP contribution in [0, 0.1) is 6.92 Å². The summed E-state index contributed by atoms with van der Waals surface area (Å²) in [5.74, 6) is -1.46. The van der Waals surface area contributed by atoms with Crippen LogP contribution in [0.15, 0.2) is 72.8 Å². The van der Waals surface area contributed by atoms with E-state index < -0.39 is 17.9 Å². The SMILES string of the molecule is CNCCC(NC(=O)c1ccc(COC(C)c2ccccc2)cc1-c1ccccc1C)C(=O)O. The molecule has 3 N–H and O–H groups in total. The molecule has 0 bridgehead atoms. The summed E-state index contributed by atoms with van der Waals surface area (Å²) < 4.78 is 6.09. The van der Waals surface area contributed by atoms with Gasteiger partial charge in [0.25, 0.3) is 5.91 Å². The van der Waals surface area contributed by atoms with E-state index in [2.05, 4.69) is 10.6 Å². The predicted molar refractivity (Wildman–Crippen MR) is 134 cm³/mol. The summed E-state index contributed by atoms with van der Waals surface area (Å²) in [7, 11) is 1.75. The van der Waals surface area contributed by atoms with Gasteiger partial charge >= 0.3 is 5.97 Å². The first-order chi connectivity index (χ1) is 16.4. The fourth-order valence-electron chi connectivity index (χ4n) is 3.80. The summed E-state index contributed by atoms with van der Waals surface area (Å²) in [6.07, 6.45) is 0.218. The third-order valence-electron chi connectivity index (χ3n) is 5.82. The van der Waals surface area contributed by atoms with Crippen molar-refractivity contribution in [1.82, 2.24) is 10.6 Å². The second-order valence-corrected chi connectivity index (χ2v) is 8.32. The van der Waals surface area contributed by atoms with E-state index in [0.29, 0.717) is 25.1 Å². The number of benzene rings is 3. The number of carboxylic acid groups (broad SMARTS) is 1. The minimum Gasteiger partial charge on any atom is -0.480 e. The topological polar surface area (TPSA) is 87.7 Å². The van der Waals surface area contributed by atoms with Gasteiger partial charge in [0, 0.05) is 5.56 Å². The molecule has 0 aliphatic carbocycles. The lowest BCUT2D eigenvalue weighted by Gasteiger charge is -2.18. The van der Waals surface area contributed by atoms with Gasteiger partial charge in [-0.3, -0.25) is 4.79 Å². The molecule has 0 saturated carbocycles. The molecule has 0 saturated heterocycles. The molecular formula is C28H32N2O4. The van der Waals surface area contributed by atoms with Gasteiger partial charge in [0.2, 0.25) is 0 Å². The first-order valence-electron chi connectivity index (χ1n) is 11.4. The molecule has 0 fully saturated rings. The molecule has 0 spiro atoms. The Morgan fingerprint density at radius 2 is 1.68 bits per heavy atom. The van der Waals surface area contributed by atoms with Crippen molar-refractivity contribution in [2.75, 3.05) is 13.6 Å². The second-order valence-electron chi connectivity index (χ2n) is 8.32. The molecule has 34 heavy (non-hydrogen) atoms. The number of hydrogen-bond acceptors (Lipinski definition) is 4. The number of carbonyl (C=O) groups is 2. The van der Waals surface area contributed by atoms with Crippen molar-refractivity contribution in [3.05, 3.63) is 95.1 Å². The standard InChI is InChI=1S/C28H32N2O4/c1-19-9-7-8-12-23(19)25-17-21(18-34-20(2)22-10-5-4-6-11-22)13-14-24(25)27(31)30-26(28(32)33)15-16-29-3/h4-14,17,20,26,29H,15-16,18H2,1-3H3,(H,30,31)(H,32,33). The summed E-state index contributed by atoms with van der Waals surface area (Å²) in [4.78, 5) is 24.8. The molecule has 6 heteroatoms. The number of amides is 1. The molecule has 0 aromatic heterocycles. The lowest BCUT2D eigenvalue weighted by Crippen LogP contribution is -2.42. The van der Waals surface area contributed by atoms with E-state index in [1.165, 1.54) is 0 Å². The van der Waals surface area contributed by atoms with Crippen molar-refractivity contribution in [2.45, 2.75) is 39.0 Å². The minimum atomic E-state index is -1.05. The van der Waals surface area contributed by atoms with E-state index >= 15 is 0 Å². The maximum Gasteiger partial charge on any atom is 0.326 e. The average Bonchev–Trinajstić information content (AvgIpc) is 2.85. The van der Waals surface area contributed by atoms with Crippen molar-refractivity contribution in [3.63, 3.8) is 0 Å². The predicted octanol–water partition coefficient (Wildman–Crippen LogP) is 4.73. The van der Waals surface area contributed by atoms with Crippen LogP contribution in [0.25, 0.3) is 11.1 Å². The quantitative estimate of drug-likeness (QED) is 0.385. The van der Waals surface area contributed by atoms with Crippen LogP contribution in [-0.2, 0) is 16.1 Å². The Balaban J connectivity index is 1.88. The van der Waals surface area contributed by atoms with Gasteiger partial charge in [-0.1, -0.05) is 60.7 Å². The van der Waals surface area contributed by atoms with Crippen LogP contribution in [0.3, 0.4) is 0 Å². The summed E-state index contributed by atoms with van der Waals surface area (Å²) in [5.41, 5.74) is 5.16. The van der Waals surface area contributed by atoms with Crippen LogP contribution in [0.5, 0.6) is 0 Å². The molecule has 6 nitrogen and oxygen atoms in total.